The molecule has 0 aliphatic heterocycles. The fourth-order valence-electron chi connectivity index (χ4n) is 1.09. The largest absolute Gasteiger partial charge is 0.357 e. The molecular weight excluding hydrogens is 228 g/mol. The molecule has 0 aromatic heterocycles. The lowest BCUT2D eigenvalue weighted by molar-refractivity contribution is 0.646. The van der Waals surface area contributed by atoms with E-state index >= 15 is 0 Å². The van der Waals surface area contributed by atoms with E-state index in [9.17, 15) is 0 Å². The predicted octanol–water partition coefficient (Wildman–Crippen LogP) is -4.20. The van der Waals surface area contributed by atoms with Gasteiger partial charge in [-0.15, -0.1) is 0 Å². The number of nitrogens with one attached hydrogen (secondary N) is 2. The quantitative estimate of drug-likeness (QED) is 0.450. The third kappa shape index (κ3) is 7.75. The zero-order valence-electron chi connectivity index (χ0n) is 9.59. The third-order valence-electron chi connectivity index (χ3n) is 1.96. The summed E-state index contributed by atoms with van der Waals surface area (Å²) in [5, 5.41) is 0. The Morgan fingerprint density at radius 1 is 1.15 bits per heavy atom. The van der Waals surface area contributed by atoms with Crippen LogP contribution in [0.3, 0.4) is 0 Å². The first kappa shape index (κ1) is 13.7. The second-order valence-electron chi connectivity index (χ2n) is 3.79. The molecule has 0 spiro atoms. The van der Waals surface area contributed by atoms with Crippen molar-refractivity contribution in [3.63, 3.8) is 0 Å². The molecule has 0 heterocycles. The second-order valence-corrected chi connectivity index (χ2v) is 17.2. The second kappa shape index (κ2) is 8.05. The van der Waals surface area contributed by atoms with Crippen molar-refractivity contribution < 1.29 is 0 Å². The molecule has 0 aromatic carbocycles. The molecule has 13 heavy (non-hydrogen) atoms. The SMILES string of the molecule is CN[SiH2][SiH](N[SiH2][SiH2]N(C)C)N(C)C. The molecule has 2 N–H and O–H groups in total. The van der Waals surface area contributed by atoms with Gasteiger partial charge in [0, 0.05) is 0 Å². The molecule has 0 saturated carbocycles. The van der Waals surface area contributed by atoms with Crippen molar-refractivity contribution in [2.24, 2.45) is 0 Å². The maximum absolute atomic E-state index is 3.87. The zero-order chi connectivity index (χ0) is 10.3. The Balaban J connectivity index is 3.57. The Bertz CT molecular complexity index is 123. The maximum atomic E-state index is 3.87. The summed E-state index contributed by atoms with van der Waals surface area (Å²) < 4.78 is 8.74. The van der Waals surface area contributed by atoms with Crippen LogP contribution < -0.4 is 9.63 Å². The van der Waals surface area contributed by atoms with Gasteiger partial charge in [-0.05, 0) is 35.2 Å². The summed E-state index contributed by atoms with van der Waals surface area (Å²) in [6.07, 6.45) is 0. The summed E-state index contributed by atoms with van der Waals surface area (Å²) in [5.74, 6) is 0. The minimum absolute atomic E-state index is 0.0145. The van der Waals surface area contributed by atoms with Crippen molar-refractivity contribution in [1.29, 1.82) is 0 Å². The average molecular weight is 253 g/mol. The van der Waals surface area contributed by atoms with E-state index in [1.807, 2.05) is 0 Å². The van der Waals surface area contributed by atoms with Gasteiger partial charge in [-0.2, -0.15) is 0 Å². The molecule has 0 amide bonds. The fraction of sp³-hybridized carbons (Fsp3) is 1.00. The number of rotatable bonds is 7. The monoisotopic (exact) mass is 252 g/mol. The molecule has 0 rings (SSSR count). The minimum Gasteiger partial charge on any atom is -0.357 e. The van der Waals surface area contributed by atoms with Gasteiger partial charge in [-0.1, -0.05) is 0 Å². The van der Waals surface area contributed by atoms with Gasteiger partial charge in [0.2, 0.25) is 0 Å². The average Bonchev–Trinajstić information content (AvgIpc) is 2.02. The van der Waals surface area contributed by atoms with Crippen molar-refractivity contribution in [2.45, 2.75) is 0 Å². The van der Waals surface area contributed by atoms with Crippen LogP contribution in [0.1, 0.15) is 0 Å². The van der Waals surface area contributed by atoms with Crippen LogP contribution in [0.5, 0.6) is 0 Å². The van der Waals surface area contributed by atoms with Gasteiger partial charge in [-0.3, -0.25) is 0 Å². The van der Waals surface area contributed by atoms with Crippen LogP contribution in [0.2, 0.25) is 0 Å². The van der Waals surface area contributed by atoms with E-state index in [0.717, 1.165) is 0 Å². The summed E-state index contributed by atoms with van der Waals surface area (Å²) in [5.41, 5.74) is 0. The van der Waals surface area contributed by atoms with Gasteiger partial charge in [-0.25, -0.2) is 0 Å². The molecule has 0 fully saturated rings. The van der Waals surface area contributed by atoms with E-state index in [1.54, 1.807) is 0 Å². The Morgan fingerprint density at radius 3 is 2.15 bits per heavy atom. The lowest BCUT2D eigenvalue weighted by Crippen LogP contribution is -2.58. The summed E-state index contributed by atoms with van der Waals surface area (Å²) in [4.78, 5) is 3.41. The van der Waals surface area contributed by atoms with Gasteiger partial charge < -0.3 is 18.8 Å². The molecule has 80 valence electrons. The highest BCUT2D eigenvalue weighted by atomic mass is 29.2. The third-order valence-corrected chi connectivity index (χ3v) is 21.3. The fourth-order valence-corrected chi connectivity index (χ4v) is 20.7. The highest BCUT2D eigenvalue weighted by Crippen LogP contribution is 1.77. The van der Waals surface area contributed by atoms with Gasteiger partial charge >= 0.3 is 0 Å². The Kier molecular flexibility index (Phi) is 8.49. The number of hydrogen-bond donors (Lipinski definition) is 2. The van der Waals surface area contributed by atoms with Crippen molar-refractivity contribution >= 4 is 36.2 Å². The lowest BCUT2D eigenvalue weighted by Gasteiger charge is -2.23. The van der Waals surface area contributed by atoms with Crippen LogP contribution in [0.15, 0.2) is 0 Å². The molecule has 4 nitrogen and oxygen atoms in total. The molecule has 1 atom stereocenters. The van der Waals surface area contributed by atoms with Crippen LogP contribution >= 0.6 is 0 Å². The number of nitrogens with zero attached hydrogens (tertiary/aromatic N) is 2. The minimum atomic E-state index is -0.685. The summed E-state index contributed by atoms with van der Waals surface area (Å²) in [7, 11) is 10.5. The molecular formula is C5H24N4Si4. The molecule has 0 aliphatic carbocycles. The molecule has 0 saturated heterocycles. The Labute approximate surface area is 90.5 Å². The van der Waals surface area contributed by atoms with Crippen molar-refractivity contribution in [2.75, 3.05) is 35.2 Å². The normalized spacial score (nSPS) is 16.8. The van der Waals surface area contributed by atoms with E-state index in [2.05, 4.69) is 54.0 Å². The van der Waals surface area contributed by atoms with Crippen LogP contribution in [0, 0.1) is 0 Å². The smallest absolute Gasteiger partial charge is 0.176 e. The van der Waals surface area contributed by atoms with Crippen LogP contribution in [-0.2, 0) is 0 Å². The van der Waals surface area contributed by atoms with E-state index in [-0.39, 0.29) is 27.6 Å². The van der Waals surface area contributed by atoms with E-state index in [1.165, 1.54) is 0 Å². The van der Waals surface area contributed by atoms with Crippen molar-refractivity contribution in [3.8, 4) is 0 Å². The van der Waals surface area contributed by atoms with Gasteiger partial charge in [0.25, 0.3) is 0 Å². The Hall–Kier alpha value is 0.708. The first-order chi connectivity index (χ1) is 6.07. The Morgan fingerprint density at radius 2 is 1.77 bits per heavy atom. The molecule has 1 unspecified atom stereocenters. The first-order valence-corrected chi connectivity index (χ1v) is 15.2. The van der Waals surface area contributed by atoms with E-state index < -0.39 is 8.64 Å². The predicted molar refractivity (Wildman–Crippen MR) is 72.4 cm³/mol. The van der Waals surface area contributed by atoms with Crippen LogP contribution in [0.25, 0.3) is 0 Å². The molecule has 0 bridgehead atoms. The maximum Gasteiger partial charge on any atom is 0.176 e. The van der Waals surface area contributed by atoms with Gasteiger partial charge in [0.05, 0.1) is 18.4 Å². The number of hydrogen-bond acceptors (Lipinski definition) is 4. The standard InChI is InChI=1S/C5H24N4Si4/c1-6-11-13(9(4)5)7-10-12-8(2)3/h6-7,13H,10-12H2,1-5H3. The highest BCUT2D eigenvalue weighted by Gasteiger charge is 2.12. The molecule has 8 heteroatoms. The van der Waals surface area contributed by atoms with Crippen molar-refractivity contribution in [3.05, 3.63) is 0 Å². The van der Waals surface area contributed by atoms with Crippen LogP contribution in [0.4, 0.5) is 0 Å². The molecule has 0 aromatic rings. The summed E-state index contributed by atoms with van der Waals surface area (Å²) >= 11 is 0. The summed E-state index contributed by atoms with van der Waals surface area (Å²) in [6, 6.07) is 0. The van der Waals surface area contributed by atoms with Gasteiger partial charge in [0.1, 0.15) is 9.20 Å². The van der Waals surface area contributed by atoms with Crippen molar-refractivity contribution in [1.82, 2.24) is 18.8 Å². The summed E-state index contributed by atoms with van der Waals surface area (Å²) in [6.45, 7) is 0. The topological polar surface area (TPSA) is 30.5 Å². The first-order valence-electron chi connectivity index (χ1n) is 4.77. The van der Waals surface area contributed by atoms with E-state index in [4.69, 9.17) is 0 Å². The van der Waals surface area contributed by atoms with Gasteiger partial charge in [0.15, 0.2) is 8.64 Å². The highest BCUT2D eigenvalue weighted by molar-refractivity contribution is 7.14. The van der Waals surface area contributed by atoms with E-state index in [0.29, 0.717) is 0 Å². The van der Waals surface area contributed by atoms with Crippen LogP contribution in [-0.4, -0.2) is 80.6 Å². The molecule has 0 radical (unpaired) electrons. The lowest BCUT2D eigenvalue weighted by atomic mass is 11.3. The molecule has 0 aliphatic rings. The zero-order valence-corrected chi connectivity index (χ0v) is 15.0.